The Morgan fingerprint density at radius 2 is 1.77 bits per heavy atom. The van der Waals surface area contributed by atoms with Gasteiger partial charge in [-0.15, -0.1) is 0 Å². The molecule has 1 saturated carbocycles. The third-order valence-electron chi connectivity index (χ3n) is 3.24. The van der Waals surface area contributed by atoms with Crippen LogP contribution in [0.25, 0.3) is 0 Å². The molecule has 13 heavy (non-hydrogen) atoms. The molecule has 0 aromatic heterocycles. The van der Waals surface area contributed by atoms with Gasteiger partial charge in [0.15, 0.2) is 0 Å². The first kappa shape index (κ1) is 9.81. The summed E-state index contributed by atoms with van der Waals surface area (Å²) in [5, 5.41) is 0. The monoisotopic (exact) mass is 200 g/mol. The van der Waals surface area contributed by atoms with Crippen molar-refractivity contribution in [2.24, 2.45) is 5.73 Å². The Hall–Kier alpha value is 0.270. The van der Waals surface area contributed by atoms with Crippen molar-refractivity contribution < 1.29 is 0 Å². The highest BCUT2D eigenvalue weighted by Crippen LogP contribution is 2.28. The largest absolute Gasteiger partial charge is 0.324 e. The van der Waals surface area contributed by atoms with E-state index in [0.717, 1.165) is 6.54 Å². The van der Waals surface area contributed by atoms with Gasteiger partial charge in [0.2, 0.25) is 0 Å². The molecule has 0 atom stereocenters. The first-order valence-electron chi connectivity index (χ1n) is 5.38. The second-order valence-electron chi connectivity index (χ2n) is 4.46. The van der Waals surface area contributed by atoms with E-state index in [1.807, 2.05) is 0 Å². The van der Waals surface area contributed by atoms with Crippen molar-refractivity contribution in [1.82, 2.24) is 4.90 Å². The summed E-state index contributed by atoms with van der Waals surface area (Å²) in [4.78, 5) is 2.56. The van der Waals surface area contributed by atoms with Gasteiger partial charge in [-0.1, -0.05) is 12.8 Å². The Bertz CT molecular complexity index is 160. The lowest BCUT2D eigenvalue weighted by Gasteiger charge is -2.34. The Morgan fingerprint density at radius 3 is 2.38 bits per heavy atom. The van der Waals surface area contributed by atoms with Gasteiger partial charge in [-0.05, 0) is 12.8 Å². The fraction of sp³-hybridized carbons (Fsp3) is 1.00. The van der Waals surface area contributed by atoms with Gasteiger partial charge in [0.05, 0.1) is 0 Å². The van der Waals surface area contributed by atoms with Crippen molar-refractivity contribution >= 4 is 11.8 Å². The van der Waals surface area contributed by atoms with Crippen LogP contribution in [0.4, 0.5) is 0 Å². The molecule has 0 aromatic carbocycles. The first-order valence-corrected chi connectivity index (χ1v) is 6.53. The van der Waals surface area contributed by atoms with E-state index in [1.54, 1.807) is 0 Å². The molecule has 0 unspecified atom stereocenters. The van der Waals surface area contributed by atoms with Gasteiger partial charge >= 0.3 is 0 Å². The number of hydrogen-bond acceptors (Lipinski definition) is 3. The molecule has 2 fully saturated rings. The summed E-state index contributed by atoms with van der Waals surface area (Å²) >= 11 is 2.07. The Kier molecular flexibility index (Phi) is 3.17. The predicted molar refractivity (Wildman–Crippen MR) is 59.2 cm³/mol. The number of thioether (sulfide) groups is 1. The topological polar surface area (TPSA) is 29.3 Å². The zero-order valence-electron chi connectivity index (χ0n) is 8.30. The summed E-state index contributed by atoms with van der Waals surface area (Å²) in [7, 11) is 0. The van der Waals surface area contributed by atoms with Crippen LogP contribution in [0.15, 0.2) is 0 Å². The third kappa shape index (κ3) is 2.61. The van der Waals surface area contributed by atoms with E-state index in [0.29, 0.717) is 0 Å². The predicted octanol–water partition coefficient (Wildman–Crippen LogP) is 1.31. The van der Waals surface area contributed by atoms with Gasteiger partial charge in [-0.2, -0.15) is 11.8 Å². The van der Waals surface area contributed by atoms with E-state index in [-0.39, 0.29) is 5.54 Å². The molecule has 3 heteroatoms. The minimum atomic E-state index is 0.169. The smallest absolute Gasteiger partial charge is 0.0283 e. The van der Waals surface area contributed by atoms with Crippen LogP contribution in [-0.2, 0) is 0 Å². The molecular weight excluding hydrogens is 180 g/mol. The maximum absolute atomic E-state index is 6.34. The Balaban J connectivity index is 1.81. The van der Waals surface area contributed by atoms with E-state index in [4.69, 9.17) is 5.73 Å². The zero-order valence-corrected chi connectivity index (χ0v) is 9.11. The van der Waals surface area contributed by atoms with Crippen LogP contribution < -0.4 is 5.73 Å². The summed E-state index contributed by atoms with van der Waals surface area (Å²) < 4.78 is 0. The van der Waals surface area contributed by atoms with Crippen molar-refractivity contribution in [2.75, 3.05) is 31.1 Å². The Labute approximate surface area is 85.2 Å². The average molecular weight is 200 g/mol. The first-order chi connectivity index (χ1) is 6.29. The van der Waals surface area contributed by atoms with Gasteiger partial charge in [-0.3, -0.25) is 4.90 Å². The summed E-state index contributed by atoms with van der Waals surface area (Å²) in [6, 6.07) is 0. The van der Waals surface area contributed by atoms with Crippen LogP contribution in [0.2, 0.25) is 0 Å². The molecule has 0 aromatic rings. The lowest BCUT2D eigenvalue weighted by Crippen LogP contribution is -2.50. The van der Waals surface area contributed by atoms with E-state index < -0.39 is 0 Å². The van der Waals surface area contributed by atoms with E-state index in [9.17, 15) is 0 Å². The maximum Gasteiger partial charge on any atom is 0.0283 e. The second kappa shape index (κ2) is 4.20. The van der Waals surface area contributed by atoms with E-state index in [2.05, 4.69) is 16.7 Å². The van der Waals surface area contributed by atoms with Gasteiger partial charge < -0.3 is 5.73 Å². The standard InChI is InChI=1S/C10H20N2S/c11-10(3-1-2-4-10)9-12-5-7-13-8-6-12/h1-9,11H2. The molecule has 2 nitrogen and oxygen atoms in total. The van der Waals surface area contributed by atoms with Crippen LogP contribution >= 0.6 is 11.8 Å². The molecule has 1 aliphatic heterocycles. The van der Waals surface area contributed by atoms with E-state index in [1.165, 1.54) is 50.3 Å². The molecule has 76 valence electrons. The van der Waals surface area contributed by atoms with Crippen molar-refractivity contribution in [2.45, 2.75) is 31.2 Å². The molecule has 0 bridgehead atoms. The molecule has 1 aliphatic carbocycles. The van der Waals surface area contributed by atoms with Crippen LogP contribution in [0, 0.1) is 0 Å². The molecular formula is C10H20N2S. The van der Waals surface area contributed by atoms with Crippen molar-refractivity contribution in [3.05, 3.63) is 0 Å². The fourth-order valence-electron chi connectivity index (χ4n) is 2.44. The molecule has 0 amide bonds. The summed E-state index contributed by atoms with van der Waals surface area (Å²) in [6.45, 7) is 3.65. The molecule has 2 N–H and O–H groups in total. The fourth-order valence-corrected chi connectivity index (χ4v) is 3.42. The number of nitrogens with two attached hydrogens (primary N) is 1. The second-order valence-corrected chi connectivity index (χ2v) is 5.68. The normalized spacial score (nSPS) is 29.3. The lowest BCUT2D eigenvalue weighted by atomic mass is 9.98. The van der Waals surface area contributed by atoms with Gasteiger partial charge in [-0.25, -0.2) is 0 Å². The highest BCUT2D eigenvalue weighted by molar-refractivity contribution is 7.99. The third-order valence-corrected chi connectivity index (χ3v) is 4.18. The molecule has 0 radical (unpaired) electrons. The van der Waals surface area contributed by atoms with Gasteiger partial charge in [0, 0.05) is 36.7 Å². The summed E-state index contributed by atoms with van der Waals surface area (Å²) in [6.07, 6.45) is 5.19. The number of rotatable bonds is 2. The molecule has 1 saturated heterocycles. The molecule has 2 aliphatic rings. The van der Waals surface area contributed by atoms with Gasteiger partial charge in [0.1, 0.15) is 0 Å². The molecule has 1 heterocycles. The number of hydrogen-bond donors (Lipinski definition) is 1. The maximum atomic E-state index is 6.34. The van der Waals surface area contributed by atoms with Crippen molar-refractivity contribution in [1.29, 1.82) is 0 Å². The van der Waals surface area contributed by atoms with Crippen molar-refractivity contribution in [3.63, 3.8) is 0 Å². The summed E-state index contributed by atoms with van der Waals surface area (Å²) in [5.74, 6) is 2.60. The molecule has 2 rings (SSSR count). The summed E-state index contributed by atoms with van der Waals surface area (Å²) in [5.41, 5.74) is 6.51. The Morgan fingerprint density at radius 1 is 1.15 bits per heavy atom. The van der Waals surface area contributed by atoms with Crippen LogP contribution in [0.1, 0.15) is 25.7 Å². The van der Waals surface area contributed by atoms with Crippen LogP contribution in [0.3, 0.4) is 0 Å². The van der Waals surface area contributed by atoms with Crippen LogP contribution in [0.5, 0.6) is 0 Å². The average Bonchev–Trinajstić information content (AvgIpc) is 2.54. The van der Waals surface area contributed by atoms with Gasteiger partial charge in [0.25, 0.3) is 0 Å². The highest BCUT2D eigenvalue weighted by Gasteiger charge is 2.31. The quantitative estimate of drug-likeness (QED) is 0.729. The van der Waals surface area contributed by atoms with Crippen molar-refractivity contribution in [3.8, 4) is 0 Å². The number of nitrogens with zero attached hydrogens (tertiary/aromatic N) is 1. The SMILES string of the molecule is NC1(CN2CCSCC2)CCCC1. The minimum Gasteiger partial charge on any atom is -0.324 e. The minimum absolute atomic E-state index is 0.169. The molecule has 0 spiro atoms. The van der Waals surface area contributed by atoms with E-state index >= 15 is 0 Å². The lowest BCUT2D eigenvalue weighted by molar-refractivity contribution is 0.227. The zero-order chi connectivity index (χ0) is 9.15. The van der Waals surface area contributed by atoms with Crippen LogP contribution in [-0.4, -0.2) is 41.6 Å². The highest BCUT2D eigenvalue weighted by atomic mass is 32.2.